The van der Waals surface area contributed by atoms with Crippen molar-refractivity contribution in [2.24, 2.45) is 23.7 Å². The molecule has 0 aromatic heterocycles. The Balaban J connectivity index is 2.17. The van der Waals surface area contributed by atoms with Gasteiger partial charge in [-0.2, -0.15) is 0 Å². The average molecular weight is 817 g/mol. The summed E-state index contributed by atoms with van der Waals surface area (Å²) in [7, 11) is 5.15. The van der Waals surface area contributed by atoms with E-state index in [9.17, 15) is 34.8 Å². The molecular formula is C41H72N2O14. The minimum absolute atomic E-state index is 0.0279. The molecule has 3 aliphatic rings. The lowest BCUT2D eigenvalue weighted by atomic mass is 9.74. The Hall–Kier alpha value is -2.25. The summed E-state index contributed by atoms with van der Waals surface area (Å²) in [5.74, 6) is -5.18. The molecule has 0 aromatic rings. The van der Waals surface area contributed by atoms with Gasteiger partial charge < -0.3 is 58.5 Å². The van der Waals surface area contributed by atoms with Gasteiger partial charge in [-0.05, 0) is 81.8 Å². The zero-order valence-corrected chi connectivity index (χ0v) is 36.5. The average Bonchev–Trinajstić information content (AvgIpc) is 3.11. The van der Waals surface area contributed by atoms with Gasteiger partial charge in [-0.3, -0.25) is 14.9 Å². The number of hydrogen-bond donors (Lipinski definition) is 5. The Morgan fingerprint density at radius 1 is 0.965 bits per heavy atom. The second kappa shape index (κ2) is 19.4. The van der Waals surface area contributed by atoms with Crippen molar-refractivity contribution in [2.75, 3.05) is 21.2 Å². The number of likely N-dealkylation sites (N-methyl/N-ethyl adjacent to an activating group) is 1. The molecule has 3 saturated heterocycles. The van der Waals surface area contributed by atoms with Crippen molar-refractivity contribution in [3.63, 3.8) is 0 Å². The molecule has 0 radical (unpaired) electrons. The normalized spacial score (nSPS) is 45.5. The van der Waals surface area contributed by atoms with Crippen LogP contribution in [-0.4, -0.2) is 149 Å². The van der Waals surface area contributed by atoms with E-state index in [1.807, 2.05) is 25.9 Å². The van der Waals surface area contributed by atoms with Crippen LogP contribution in [-0.2, 0) is 42.7 Å². The zero-order valence-electron chi connectivity index (χ0n) is 36.5. The van der Waals surface area contributed by atoms with Crippen LogP contribution in [0.2, 0.25) is 0 Å². The van der Waals surface area contributed by atoms with Crippen molar-refractivity contribution in [3.05, 3.63) is 12.3 Å². The first kappa shape index (κ1) is 49.1. The quantitative estimate of drug-likeness (QED) is 0.212. The Morgan fingerprint density at radius 2 is 1.58 bits per heavy atom. The number of aliphatic hydroxyl groups excluding tert-OH is 2. The van der Waals surface area contributed by atoms with Gasteiger partial charge in [0.1, 0.15) is 29.2 Å². The zero-order chi connectivity index (χ0) is 43.5. The minimum atomic E-state index is -2.03. The van der Waals surface area contributed by atoms with Gasteiger partial charge in [-0.15, -0.1) is 0 Å². The Bertz CT molecular complexity index is 1390. The maximum atomic E-state index is 14.3. The molecule has 16 nitrogen and oxygen atoms in total. The first-order chi connectivity index (χ1) is 26.2. The maximum absolute atomic E-state index is 14.3. The van der Waals surface area contributed by atoms with E-state index < -0.39 is 114 Å². The lowest BCUT2D eigenvalue weighted by Crippen LogP contribution is -2.61. The predicted octanol–water partition coefficient (Wildman–Crippen LogP) is 3.05. The van der Waals surface area contributed by atoms with Gasteiger partial charge in [-0.1, -0.05) is 34.3 Å². The number of amides is 1. The van der Waals surface area contributed by atoms with Crippen LogP contribution in [0.15, 0.2) is 12.3 Å². The molecule has 0 aliphatic carbocycles. The third-order valence-electron chi connectivity index (χ3n) is 12.3. The van der Waals surface area contributed by atoms with E-state index >= 15 is 0 Å². The lowest BCUT2D eigenvalue weighted by molar-refractivity contribution is -0.317. The fourth-order valence-corrected chi connectivity index (χ4v) is 8.94. The van der Waals surface area contributed by atoms with E-state index in [0.717, 1.165) is 0 Å². The highest BCUT2D eigenvalue weighted by atomic mass is 16.7. The van der Waals surface area contributed by atoms with Crippen molar-refractivity contribution in [1.29, 1.82) is 0 Å². The van der Waals surface area contributed by atoms with E-state index in [4.69, 9.17) is 33.2 Å². The smallest absolute Gasteiger partial charge is 0.411 e. The van der Waals surface area contributed by atoms with Crippen molar-refractivity contribution >= 4 is 17.8 Å². The maximum Gasteiger partial charge on any atom is 0.411 e. The van der Waals surface area contributed by atoms with Crippen LogP contribution in [0.4, 0.5) is 4.79 Å². The molecule has 0 aromatic carbocycles. The molecule has 3 rings (SSSR count). The predicted molar refractivity (Wildman–Crippen MR) is 208 cm³/mol. The summed E-state index contributed by atoms with van der Waals surface area (Å²) in [5, 5.41) is 49.6. The number of allylic oxidation sites excluding steroid dienone is 1. The van der Waals surface area contributed by atoms with Crippen molar-refractivity contribution in [1.82, 2.24) is 10.2 Å². The summed E-state index contributed by atoms with van der Waals surface area (Å²) in [6.07, 6.45) is -10.9. The number of cyclic esters (lactones) is 1. The van der Waals surface area contributed by atoms with Crippen LogP contribution >= 0.6 is 0 Å². The number of hydrogen-bond acceptors (Lipinski definition) is 15. The lowest BCUT2D eigenvalue weighted by Gasteiger charge is -2.49. The monoisotopic (exact) mass is 816 g/mol. The fourth-order valence-electron chi connectivity index (χ4n) is 8.94. The highest BCUT2D eigenvalue weighted by Crippen LogP contribution is 2.41. The highest BCUT2D eigenvalue weighted by molar-refractivity contribution is 5.83. The number of rotatable bonds is 9. The molecular weight excluding hydrogens is 744 g/mol. The third kappa shape index (κ3) is 11.3. The van der Waals surface area contributed by atoms with Crippen molar-refractivity contribution < 1.29 is 68.0 Å². The van der Waals surface area contributed by atoms with E-state index in [1.54, 1.807) is 48.5 Å². The van der Waals surface area contributed by atoms with Gasteiger partial charge in [0.15, 0.2) is 18.7 Å². The number of ketones is 1. The molecule has 57 heavy (non-hydrogen) atoms. The molecule has 3 aliphatic heterocycles. The number of nitrogens with zero attached hydrogens (tertiary/aromatic N) is 1. The second-order valence-corrected chi connectivity index (χ2v) is 17.8. The highest BCUT2D eigenvalue weighted by Gasteiger charge is 2.54. The Labute approximate surface area is 338 Å². The largest absolute Gasteiger partial charge is 0.459 e. The summed E-state index contributed by atoms with van der Waals surface area (Å²) >= 11 is 0. The number of nitrogens with one attached hydrogen (secondary N) is 1. The number of alkyl carbamates (subject to hydrolysis) is 1. The molecule has 1 amide bonds. The summed E-state index contributed by atoms with van der Waals surface area (Å²) in [5.41, 5.74) is -4.62. The summed E-state index contributed by atoms with van der Waals surface area (Å²) in [6.45, 7) is 21.6. The van der Waals surface area contributed by atoms with Crippen molar-refractivity contribution in [3.8, 4) is 0 Å². The van der Waals surface area contributed by atoms with E-state index in [1.165, 1.54) is 27.9 Å². The van der Waals surface area contributed by atoms with E-state index in [-0.39, 0.29) is 31.4 Å². The van der Waals surface area contributed by atoms with Gasteiger partial charge in [0.25, 0.3) is 0 Å². The first-order valence-corrected chi connectivity index (χ1v) is 20.2. The molecule has 16 heteroatoms. The van der Waals surface area contributed by atoms with Gasteiger partial charge >= 0.3 is 12.1 Å². The Kier molecular flexibility index (Phi) is 16.7. The van der Waals surface area contributed by atoms with Crippen molar-refractivity contribution in [2.45, 2.75) is 186 Å². The number of carbonyl (C=O) groups is 3. The third-order valence-corrected chi connectivity index (χ3v) is 12.3. The molecule has 5 N–H and O–H groups in total. The van der Waals surface area contributed by atoms with E-state index in [0.29, 0.717) is 12.1 Å². The van der Waals surface area contributed by atoms with Crippen LogP contribution in [0.1, 0.15) is 102 Å². The molecule has 0 spiro atoms. The van der Waals surface area contributed by atoms with Gasteiger partial charge in [-0.25, -0.2) is 4.79 Å². The molecule has 330 valence electrons. The van der Waals surface area contributed by atoms with Crippen LogP contribution in [0.3, 0.4) is 0 Å². The van der Waals surface area contributed by atoms with Gasteiger partial charge in [0.2, 0.25) is 0 Å². The van der Waals surface area contributed by atoms with Gasteiger partial charge in [0, 0.05) is 43.0 Å². The SMILES string of the molecule is C=C(C)NC(=O)O[C@H]1[C@H](C)O[C@@H](O[C@H]2[C@H](C)[C@@H](O[C@@H]3O[C@H](C)C[C@H](N(C)C)[C@H]3O)[C@@](C)(O)C[C@@H](C)C(=O)[C@H](C)[C@@H](O)[C@](C)(O)[C@@H](CC)OC(=O)[C@@H]2C)C[C@@]1(C)OC. The number of Topliss-reactive ketones (excluding diaryl/α,β-unsaturated/α-hetero) is 1. The molecule has 0 bridgehead atoms. The fraction of sp³-hybridized carbons (Fsp3) is 0.878. The standard InChI is InChI=1S/C41H72N2O14/c1-16-28-41(12,50)33(46)23(6)30(44)21(4)18-39(10,49)34(56-37-31(45)27(43(13)14)17-22(5)52-37)24(7)32(25(8)36(47)54-28)55-29-19-40(11,51-15)35(26(9)53-29)57-38(48)42-20(2)3/h21-29,31-35,37,45-46,49-50H,2,16-19H2,1,3-15H3,(H,42,48)/t21-,22-,23+,24+,25-,26+,27+,28-,29+,31-,32+,33-,34-,35+,37+,39+,40-,41-/m1/s1. The van der Waals surface area contributed by atoms with Crippen LogP contribution in [0, 0.1) is 23.7 Å². The summed E-state index contributed by atoms with van der Waals surface area (Å²) < 4.78 is 43.5. The number of carbonyl (C=O) groups excluding carboxylic acids is 3. The number of ether oxygens (including phenoxy) is 7. The number of esters is 1. The number of aliphatic hydroxyl groups is 4. The molecule has 3 fully saturated rings. The van der Waals surface area contributed by atoms with Crippen LogP contribution in [0.5, 0.6) is 0 Å². The summed E-state index contributed by atoms with van der Waals surface area (Å²) in [4.78, 5) is 42.7. The molecule has 3 heterocycles. The minimum Gasteiger partial charge on any atom is -0.459 e. The summed E-state index contributed by atoms with van der Waals surface area (Å²) in [6, 6.07) is -0.350. The van der Waals surface area contributed by atoms with E-state index in [2.05, 4.69) is 11.9 Å². The van der Waals surface area contributed by atoms with Crippen LogP contribution in [0.25, 0.3) is 0 Å². The molecule has 0 saturated carbocycles. The molecule has 18 atom stereocenters. The second-order valence-electron chi connectivity index (χ2n) is 17.8. The van der Waals surface area contributed by atoms with Gasteiger partial charge in [0.05, 0.1) is 42.0 Å². The topological polar surface area (TPSA) is 212 Å². The van der Waals surface area contributed by atoms with Crippen LogP contribution < -0.4 is 5.32 Å². The molecule has 0 unspecified atom stereocenters. The Morgan fingerprint density at radius 3 is 2.12 bits per heavy atom. The number of methoxy groups -OCH3 is 1. The first-order valence-electron chi connectivity index (χ1n) is 20.2.